The summed E-state index contributed by atoms with van der Waals surface area (Å²) >= 11 is 0. The number of hydrogen-bond donors (Lipinski definition) is 1. The minimum absolute atomic E-state index is 0.253. The first-order valence-electron chi connectivity index (χ1n) is 7.18. The quantitative estimate of drug-likeness (QED) is 0.558. The Morgan fingerprint density at radius 2 is 1.95 bits per heavy atom. The Bertz CT molecular complexity index is 480. The van der Waals surface area contributed by atoms with E-state index in [9.17, 15) is 5.11 Å². The van der Waals surface area contributed by atoms with Crippen LogP contribution in [0, 0.1) is 0 Å². The summed E-state index contributed by atoms with van der Waals surface area (Å²) in [5.74, 6) is 0.792. The highest BCUT2D eigenvalue weighted by molar-refractivity contribution is 5.46. The average molecular weight is 274 g/mol. The second-order valence-corrected chi connectivity index (χ2v) is 5.40. The van der Waals surface area contributed by atoms with Gasteiger partial charge in [-0.05, 0) is 52.5 Å². The molecule has 1 aromatic carbocycles. The standard InChI is InChI=1S/C18H26O2/c1-14(2)8-5-6-9-15(3)12-13-16-10-7-11-17(20-4)18(16)19/h7-8,10-12,19H,5-6,9,13H2,1-4H3/b15-12+. The van der Waals surface area contributed by atoms with Crippen LogP contribution in [-0.4, -0.2) is 12.2 Å². The summed E-state index contributed by atoms with van der Waals surface area (Å²) in [6.07, 6.45) is 8.64. The molecule has 1 rings (SSSR count). The molecule has 2 heteroatoms. The third-order valence-electron chi connectivity index (χ3n) is 3.30. The summed E-state index contributed by atoms with van der Waals surface area (Å²) in [7, 11) is 1.57. The Morgan fingerprint density at radius 1 is 1.20 bits per heavy atom. The molecule has 2 nitrogen and oxygen atoms in total. The first-order valence-corrected chi connectivity index (χ1v) is 7.18. The lowest BCUT2D eigenvalue weighted by atomic mass is 10.0. The fourth-order valence-corrected chi connectivity index (χ4v) is 2.06. The summed E-state index contributed by atoms with van der Waals surface area (Å²) in [6, 6.07) is 5.62. The first kappa shape index (κ1) is 16.4. The van der Waals surface area contributed by atoms with E-state index >= 15 is 0 Å². The van der Waals surface area contributed by atoms with Crippen molar-refractivity contribution in [1.82, 2.24) is 0 Å². The van der Waals surface area contributed by atoms with Crippen molar-refractivity contribution in [3.63, 3.8) is 0 Å². The third-order valence-corrected chi connectivity index (χ3v) is 3.30. The predicted molar refractivity (Wildman–Crippen MR) is 85.4 cm³/mol. The van der Waals surface area contributed by atoms with Crippen LogP contribution in [0.3, 0.4) is 0 Å². The summed E-state index contributed by atoms with van der Waals surface area (Å²) in [5, 5.41) is 10.0. The maximum absolute atomic E-state index is 10.0. The lowest BCUT2D eigenvalue weighted by molar-refractivity contribution is 0.371. The van der Waals surface area contributed by atoms with Crippen molar-refractivity contribution in [3.05, 3.63) is 47.1 Å². The minimum atomic E-state index is 0.253. The van der Waals surface area contributed by atoms with Gasteiger partial charge in [0.05, 0.1) is 7.11 Å². The average Bonchev–Trinajstić information content (AvgIpc) is 2.42. The van der Waals surface area contributed by atoms with E-state index in [2.05, 4.69) is 32.9 Å². The van der Waals surface area contributed by atoms with Gasteiger partial charge in [0, 0.05) is 5.56 Å². The van der Waals surface area contributed by atoms with Crippen LogP contribution in [0.5, 0.6) is 11.5 Å². The lowest BCUT2D eigenvalue weighted by Gasteiger charge is -2.07. The van der Waals surface area contributed by atoms with Gasteiger partial charge in [-0.25, -0.2) is 0 Å². The Balaban J connectivity index is 2.52. The Labute approximate surface area is 122 Å². The number of aromatic hydroxyl groups is 1. The number of phenols is 1. The minimum Gasteiger partial charge on any atom is -0.504 e. The molecule has 0 heterocycles. The molecule has 0 spiro atoms. The molecule has 0 aliphatic carbocycles. The van der Waals surface area contributed by atoms with Crippen LogP contribution in [0.1, 0.15) is 45.6 Å². The summed E-state index contributed by atoms with van der Waals surface area (Å²) in [4.78, 5) is 0. The van der Waals surface area contributed by atoms with Crippen LogP contribution in [0.15, 0.2) is 41.5 Å². The lowest BCUT2D eigenvalue weighted by Crippen LogP contribution is -1.89. The zero-order chi connectivity index (χ0) is 15.0. The van der Waals surface area contributed by atoms with Crippen molar-refractivity contribution >= 4 is 0 Å². The molecule has 0 aliphatic heterocycles. The molecule has 1 aromatic rings. The van der Waals surface area contributed by atoms with Crippen LogP contribution in [0.25, 0.3) is 0 Å². The van der Waals surface area contributed by atoms with Crippen molar-refractivity contribution < 1.29 is 9.84 Å². The molecule has 20 heavy (non-hydrogen) atoms. The normalized spacial score (nSPS) is 11.3. The molecule has 0 unspecified atom stereocenters. The van der Waals surface area contributed by atoms with Gasteiger partial charge in [-0.15, -0.1) is 0 Å². The molecular formula is C18H26O2. The van der Waals surface area contributed by atoms with Crippen molar-refractivity contribution in [3.8, 4) is 11.5 Å². The van der Waals surface area contributed by atoms with Crippen molar-refractivity contribution in [2.45, 2.75) is 46.5 Å². The Kier molecular flexibility index (Phi) is 6.92. The Hall–Kier alpha value is -1.70. The molecule has 0 atom stereocenters. The fraction of sp³-hybridized carbons (Fsp3) is 0.444. The number of unbranched alkanes of at least 4 members (excludes halogenated alkanes) is 1. The van der Waals surface area contributed by atoms with Gasteiger partial charge in [-0.1, -0.05) is 35.4 Å². The zero-order valence-corrected chi connectivity index (χ0v) is 13.1. The largest absolute Gasteiger partial charge is 0.504 e. The van der Waals surface area contributed by atoms with Crippen LogP contribution in [-0.2, 0) is 6.42 Å². The Morgan fingerprint density at radius 3 is 2.60 bits per heavy atom. The molecule has 110 valence electrons. The van der Waals surface area contributed by atoms with E-state index in [4.69, 9.17) is 4.74 Å². The van der Waals surface area contributed by atoms with E-state index in [1.807, 2.05) is 12.1 Å². The summed E-state index contributed by atoms with van der Waals surface area (Å²) in [6.45, 7) is 6.42. The topological polar surface area (TPSA) is 29.5 Å². The van der Waals surface area contributed by atoms with Crippen molar-refractivity contribution in [2.75, 3.05) is 7.11 Å². The van der Waals surface area contributed by atoms with E-state index in [1.165, 1.54) is 17.6 Å². The van der Waals surface area contributed by atoms with Crippen LogP contribution >= 0.6 is 0 Å². The molecule has 0 amide bonds. The van der Waals surface area contributed by atoms with Gasteiger partial charge in [-0.3, -0.25) is 0 Å². The van der Waals surface area contributed by atoms with Gasteiger partial charge in [0.25, 0.3) is 0 Å². The van der Waals surface area contributed by atoms with Gasteiger partial charge in [0.1, 0.15) is 0 Å². The number of allylic oxidation sites excluding steroid dienone is 4. The van der Waals surface area contributed by atoms with Crippen LogP contribution in [0.4, 0.5) is 0 Å². The maximum Gasteiger partial charge on any atom is 0.161 e. The molecule has 0 saturated heterocycles. The number of rotatable bonds is 7. The highest BCUT2D eigenvalue weighted by Crippen LogP contribution is 2.30. The number of methoxy groups -OCH3 is 1. The molecule has 1 N–H and O–H groups in total. The highest BCUT2D eigenvalue weighted by Gasteiger charge is 2.05. The fourth-order valence-electron chi connectivity index (χ4n) is 2.06. The van der Waals surface area contributed by atoms with Gasteiger partial charge in [0.2, 0.25) is 0 Å². The number of ether oxygens (including phenoxy) is 1. The second kappa shape index (κ2) is 8.47. The molecule has 0 bridgehead atoms. The summed E-state index contributed by atoms with van der Waals surface area (Å²) in [5.41, 5.74) is 3.66. The monoisotopic (exact) mass is 274 g/mol. The van der Waals surface area contributed by atoms with E-state index < -0.39 is 0 Å². The number of para-hydroxylation sites is 1. The number of benzene rings is 1. The SMILES string of the molecule is COc1cccc(C/C=C(\C)CCCC=C(C)C)c1O. The number of hydrogen-bond acceptors (Lipinski definition) is 2. The van der Waals surface area contributed by atoms with Crippen molar-refractivity contribution in [1.29, 1.82) is 0 Å². The maximum atomic E-state index is 10.0. The molecule has 0 radical (unpaired) electrons. The number of phenolic OH excluding ortho intramolecular Hbond substituents is 1. The third kappa shape index (κ3) is 5.52. The van der Waals surface area contributed by atoms with E-state index in [0.717, 1.165) is 24.8 Å². The van der Waals surface area contributed by atoms with Crippen molar-refractivity contribution in [2.24, 2.45) is 0 Å². The molecular weight excluding hydrogens is 248 g/mol. The highest BCUT2D eigenvalue weighted by atomic mass is 16.5. The molecule has 0 saturated carbocycles. The summed E-state index contributed by atoms with van der Waals surface area (Å²) < 4.78 is 5.12. The smallest absolute Gasteiger partial charge is 0.161 e. The first-order chi connectivity index (χ1) is 9.54. The van der Waals surface area contributed by atoms with Gasteiger partial charge in [-0.2, -0.15) is 0 Å². The molecule has 0 aromatic heterocycles. The van der Waals surface area contributed by atoms with Gasteiger partial charge in [0.15, 0.2) is 11.5 Å². The van der Waals surface area contributed by atoms with E-state index in [0.29, 0.717) is 5.75 Å². The zero-order valence-electron chi connectivity index (χ0n) is 13.1. The van der Waals surface area contributed by atoms with Crippen LogP contribution < -0.4 is 4.74 Å². The second-order valence-electron chi connectivity index (χ2n) is 5.40. The van der Waals surface area contributed by atoms with E-state index in [1.54, 1.807) is 13.2 Å². The molecule has 0 fully saturated rings. The van der Waals surface area contributed by atoms with Gasteiger partial charge < -0.3 is 9.84 Å². The predicted octanol–water partition coefficient (Wildman–Crippen LogP) is 5.03. The van der Waals surface area contributed by atoms with Crippen LogP contribution in [0.2, 0.25) is 0 Å². The molecule has 0 aliphatic rings. The van der Waals surface area contributed by atoms with Gasteiger partial charge >= 0.3 is 0 Å². The van der Waals surface area contributed by atoms with E-state index in [-0.39, 0.29) is 5.75 Å².